The summed E-state index contributed by atoms with van der Waals surface area (Å²) >= 11 is 0. The lowest BCUT2D eigenvalue weighted by atomic mass is 10.2. The van der Waals surface area contributed by atoms with E-state index in [9.17, 15) is 9.59 Å². The van der Waals surface area contributed by atoms with E-state index in [0.717, 1.165) is 24.3 Å². The van der Waals surface area contributed by atoms with Crippen molar-refractivity contribution in [1.29, 1.82) is 0 Å². The summed E-state index contributed by atoms with van der Waals surface area (Å²) in [5.41, 5.74) is 2.32. The van der Waals surface area contributed by atoms with Gasteiger partial charge in [0.25, 0.3) is 0 Å². The number of nitrogens with zero attached hydrogens (tertiary/aromatic N) is 7. The molecule has 3 aromatic rings. The highest BCUT2D eigenvalue weighted by molar-refractivity contribution is 5.92. The molecule has 0 spiro atoms. The summed E-state index contributed by atoms with van der Waals surface area (Å²) in [5, 5.41) is 17.8. The van der Waals surface area contributed by atoms with Crippen molar-refractivity contribution in [3.63, 3.8) is 0 Å². The molecule has 0 saturated carbocycles. The minimum Gasteiger partial charge on any atom is -0.369 e. The van der Waals surface area contributed by atoms with Crippen LogP contribution in [0.15, 0.2) is 55.0 Å². The summed E-state index contributed by atoms with van der Waals surface area (Å²) in [6.45, 7) is 5.66. The van der Waals surface area contributed by atoms with Crippen LogP contribution in [0.2, 0.25) is 0 Å². The summed E-state index contributed by atoms with van der Waals surface area (Å²) < 4.78 is 0. The Morgan fingerprint density at radius 3 is 2.67 bits per heavy atom. The fourth-order valence-electron chi connectivity index (χ4n) is 3.64. The number of benzene rings is 1. The molecule has 0 aliphatic rings. The molecule has 0 radical (unpaired) electrons. The van der Waals surface area contributed by atoms with Gasteiger partial charge in [-0.2, -0.15) is 20.0 Å². The number of anilines is 3. The smallest absolute Gasteiger partial charge is 0.246 e. The fraction of sp³-hybridized carbons (Fsp3) is 0.400. The number of unbranched alkanes of at least 4 members (excludes halogenated alkanes) is 1. The largest absolute Gasteiger partial charge is 0.369 e. The van der Waals surface area contributed by atoms with E-state index >= 15 is 0 Å². The van der Waals surface area contributed by atoms with Crippen molar-refractivity contribution in [2.45, 2.75) is 39.2 Å². The Kier molecular flexibility index (Phi) is 12.5. The second kappa shape index (κ2) is 16.5. The number of aromatic nitrogens is 5. The van der Waals surface area contributed by atoms with Gasteiger partial charge in [-0.05, 0) is 52.1 Å². The SMILES string of the molecule is CCCNc1nc(Nc2cccc(-n3nccn3)c2)ncc1C#CCCCNC(=O)[C@H](C)N(C)C(=O)/C=C/CN(C)C. The molecule has 2 aromatic heterocycles. The van der Waals surface area contributed by atoms with Gasteiger partial charge >= 0.3 is 0 Å². The van der Waals surface area contributed by atoms with Crippen LogP contribution in [0.3, 0.4) is 0 Å². The van der Waals surface area contributed by atoms with Crippen LogP contribution in [0, 0.1) is 11.8 Å². The Morgan fingerprint density at radius 1 is 1.14 bits per heavy atom. The quantitative estimate of drug-likeness (QED) is 0.151. The van der Waals surface area contributed by atoms with Gasteiger partial charge in [0.15, 0.2) is 0 Å². The third-order valence-electron chi connectivity index (χ3n) is 6.12. The van der Waals surface area contributed by atoms with Crippen molar-refractivity contribution in [2.24, 2.45) is 0 Å². The molecular formula is C30H40N10O2. The van der Waals surface area contributed by atoms with Crippen LogP contribution in [-0.2, 0) is 9.59 Å². The van der Waals surface area contributed by atoms with Crippen molar-refractivity contribution in [2.75, 3.05) is 51.4 Å². The van der Waals surface area contributed by atoms with Crippen LogP contribution < -0.4 is 16.0 Å². The summed E-state index contributed by atoms with van der Waals surface area (Å²) in [5.74, 6) is 6.99. The zero-order chi connectivity index (χ0) is 30.3. The van der Waals surface area contributed by atoms with Crippen molar-refractivity contribution >= 4 is 29.3 Å². The van der Waals surface area contributed by atoms with Crippen molar-refractivity contribution in [3.8, 4) is 17.5 Å². The fourth-order valence-corrected chi connectivity index (χ4v) is 3.64. The zero-order valence-corrected chi connectivity index (χ0v) is 25.0. The van der Waals surface area contributed by atoms with E-state index in [1.807, 2.05) is 43.3 Å². The number of amides is 2. The Labute approximate surface area is 247 Å². The summed E-state index contributed by atoms with van der Waals surface area (Å²) in [6, 6.07) is 7.07. The number of carbonyl (C=O) groups is 2. The second-order valence-corrected chi connectivity index (χ2v) is 9.86. The maximum Gasteiger partial charge on any atom is 0.246 e. The van der Waals surface area contributed by atoms with Gasteiger partial charge in [-0.25, -0.2) is 4.98 Å². The first-order valence-electron chi connectivity index (χ1n) is 14.0. The van der Waals surface area contributed by atoms with Crippen molar-refractivity contribution in [1.82, 2.24) is 40.1 Å². The topological polar surface area (TPSA) is 133 Å². The molecule has 3 rings (SSSR count). The highest BCUT2D eigenvalue weighted by atomic mass is 16.2. The van der Waals surface area contributed by atoms with Gasteiger partial charge in [-0.1, -0.05) is 30.9 Å². The van der Waals surface area contributed by atoms with Gasteiger partial charge in [-0.15, -0.1) is 0 Å². The molecule has 2 amide bonds. The first-order chi connectivity index (χ1) is 20.3. The van der Waals surface area contributed by atoms with Crippen LogP contribution >= 0.6 is 0 Å². The third kappa shape index (κ3) is 10.0. The molecule has 12 nitrogen and oxygen atoms in total. The molecule has 222 valence electrons. The number of nitrogens with one attached hydrogen (secondary N) is 3. The molecule has 0 unspecified atom stereocenters. The highest BCUT2D eigenvalue weighted by Crippen LogP contribution is 2.19. The Bertz CT molecular complexity index is 1390. The molecule has 0 fully saturated rings. The van der Waals surface area contributed by atoms with Gasteiger partial charge < -0.3 is 25.8 Å². The summed E-state index contributed by atoms with van der Waals surface area (Å²) in [6.07, 6.45) is 10.4. The first-order valence-corrected chi connectivity index (χ1v) is 14.0. The molecular weight excluding hydrogens is 532 g/mol. The lowest BCUT2D eigenvalue weighted by Crippen LogP contribution is -2.45. The van der Waals surface area contributed by atoms with Crippen LogP contribution in [-0.4, -0.2) is 93.4 Å². The molecule has 0 aliphatic carbocycles. The summed E-state index contributed by atoms with van der Waals surface area (Å²) in [7, 11) is 5.47. The van der Waals surface area contributed by atoms with Gasteiger partial charge in [0, 0.05) is 44.9 Å². The monoisotopic (exact) mass is 572 g/mol. The molecule has 0 bridgehead atoms. The second-order valence-electron chi connectivity index (χ2n) is 9.86. The van der Waals surface area contributed by atoms with E-state index < -0.39 is 6.04 Å². The lowest BCUT2D eigenvalue weighted by molar-refractivity contribution is -0.135. The Hall–Kier alpha value is -4.76. The molecule has 3 N–H and O–H groups in total. The van der Waals surface area contributed by atoms with E-state index in [1.54, 1.807) is 38.6 Å². The number of rotatable bonds is 14. The van der Waals surface area contributed by atoms with E-state index in [4.69, 9.17) is 0 Å². The summed E-state index contributed by atoms with van der Waals surface area (Å²) in [4.78, 5) is 38.8. The van der Waals surface area contributed by atoms with Crippen LogP contribution in [0.4, 0.5) is 17.5 Å². The van der Waals surface area contributed by atoms with E-state index in [2.05, 4.69) is 54.9 Å². The maximum absolute atomic E-state index is 12.5. The normalized spacial score (nSPS) is 11.6. The standard InChI is InChI=1S/C30H40N10O2/c1-6-16-31-28-24(22-33-30(37-28)36-25-13-10-14-26(21-25)40-34-18-19-35-40)12-8-7-9-17-32-29(42)23(2)39(5)27(41)15-11-20-38(3)4/h10-11,13-15,18-19,21-23H,6-7,9,16-17,20H2,1-5H3,(H,32,42)(H2,31,33,36,37)/b15-11+/t23-/m0/s1. The third-order valence-corrected chi connectivity index (χ3v) is 6.12. The number of hydrogen-bond donors (Lipinski definition) is 3. The van der Waals surface area contributed by atoms with Gasteiger partial charge in [0.1, 0.15) is 11.9 Å². The number of likely N-dealkylation sites (N-methyl/N-ethyl adjacent to an activating group) is 2. The van der Waals surface area contributed by atoms with Gasteiger partial charge in [-0.3, -0.25) is 9.59 Å². The van der Waals surface area contributed by atoms with E-state index in [1.165, 1.54) is 15.8 Å². The predicted octanol–water partition coefficient (Wildman–Crippen LogP) is 2.84. The lowest BCUT2D eigenvalue weighted by Gasteiger charge is -2.23. The molecule has 1 atom stereocenters. The predicted molar refractivity (Wildman–Crippen MR) is 165 cm³/mol. The molecule has 2 heterocycles. The van der Waals surface area contributed by atoms with Crippen molar-refractivity contribution < 1.29 is 9.59 Å². The zero-order valence-electron chi connectivity index (χ0n) is 25.0. The van der Waals surface area contributed by atoms with E-state index in [0.29, 0.717) is 43.3 Å². The van der Waals surface area contributed by atoms with Gasteiger partial charge in [0.2, 0.25) is 17.8 Å². The minimum atomic E-state index is -0.575. The Balaban J connectivity index is 1.53. The molecule has 1 aromatic carbocycles. The molecule has 0 aliphatic heterocycles. The van der Waals surface area contributed by atoms with Crippen LogP contribution in [0.5, 0.6) is 0 Å². The van der Waals surface area contributed by atoms with Crippen LogP contribution in [0.25, 0.3) is 5.69 Å². The number of carbonyl (C=O) groups excluding carboxylic acids is 2. The molecule has 42 heavy (non-hydrogen) atoms. The highest BCUT2D eigenvalue weighted by Gasteiger charge is 2.20. The molecule has 0 saturated heterocycles. The van der Waals surface area contributed by atoms with E-state index in [-0.39, 0.29) is 11.8 Å². The average molecular weight is 573 g/mol. The minimum absolute atomic E-state index is 0.200. The number of hydrogen-bond acceptors (Lipinski definition) is 9. The van der Waals surface area contributed by atoms with Gasteiger partial charge in [0.05, 0.1) is 29.8 Å². The Morgan fingerprint density at radius 2 is 1.93 bits per heavy atom. The van der Waals surface area contributed by atoms with Crippen LogP contribution in [0.1, 0.15) is 38.7 Å². The van der Waals surface area contributed by atoms with Crippen molar-refractivity contribution in [3.05, 3.63) is 60.6 Å². The maximum atomic E-state index is 12.5. The first kappa shape index (κ1) is 31.8. The average Bonchev–Trinajstić information content (AvgIpc) is 3.53. The molecule has 12 heteroatoms.